The first-order valence-electron chi connectivity index (χ1n) is 4.76. The van der Waals surface area contributed by atoms with Gasteiger partial charge >= 0.3 is 5.97 Å². The lowest BCUT2D eigenvalue weighted by Gasteiger charge is -1.97. The van der Waals surface area contributed by atoms with Crippen molar-refractivity contribution in [3.8, 4) is 6.07 Å². The molecule has 1 aromatic rings. The highest BCUT2D eigenvalue weighted by atomic mass is 16.6. The molecule has 0 aliphatic heterocycles. The van der Waals surface area contributed by atoms with Gasteiger partial charge in [-0.25, -0.2) is 4.79 Å². The van der Waals surface area contributed by atoms with E-state index in [2.05, 4.69) is 11.3 Å². The third-order valence-electron chi connectivity index (χ3n) is 1.92. The average Bonchev–Trinajstić information content (AvgIpc) is 2.36. The van der Waals surface area contributed by atoms with Gasteiger partial charge in [0, 0.05) is 12.1 Å². The Balaban J connectivity index is 3.10. The number of nitro benzene ring substituents is 1. The van der Waals surface area contributed by atoms with Crippen LogP contribution >= 0.6 is 0 Å². The van der Waals surface area contributed by atoms with Gasteiger partial charge in [-0.2, -0.15) is 5.26 Å². The van der Waals surface area contributed by atoms with Crippen LogP contribution in [0.25, 0.3) is 6.08 Å². The van der Waals surface area contributed by atoms with Crippen LogP contribution < -0.4 is 0 Å². The lowest BCUT2D eigenvalue weighted by atomic mass is 10.1. The summed E-state index contributed by atoms with van der Waals surface area (Å²) in [6.07, 6.45) is 2.11. The Morgan fingerprint density at radius 1 is 1.56 bits per heavy atom. The van der Waals surface area contributed by atoms with Crippen molar-refractivity contribution in [2.75, 3.05) is 0 Å². The number of benzene rings is 1. The molecule has 0 N–H and O–H groups in total. The van der Waals surface area contributed by atoms with Crippen LogP contribution in [-0.4, -0.2) is 10.9 Å². The zero-order valence-corrected chi connectivity index (χ0v) is 9.20. The average molecular weight is 244 g/mol. The molecule has 0 heterocycles. The molecule has 18 heavy (non-hydrogen) atoms. The Bertz CT molecular complexity index is 570. The number of nitrogens with zero attached hydrogens (tertiary/aromatic N) is 2. The minimum Gasteiger partial charge on any atom is -0.431 e. The molecular weight excluding hydrogens is 236 g/mol. The molecule has 0 aliphatic carbocycles. The number of non-ortho nitro benzene ring substituents is 1. The first-order chi connectivity index (χ1) is 8.58. The summed E-state index contributed by atoms with van der Waals surface area (Å²) in [6, 6.07) is 7.20. The fraction of sp³-hybridized carbons (Fsp3) is 0. The smallest absolute Gasteiger partial charge is 0.353 e. The topological polar surface area (TPSA) is 93.2 Å². The summed E-state index contributed by atoms with van der Waals surface area (Å²) in [5.41, 5.74) is -0.0321. The molecule has 0 amide bonds. The van der Waals surface area contributed by atoms with Gasteiger partial charge in [0.25, 0.3) is 5.69 Å². The molecule has 0 fully saturated rings. The van der Waals surface area contributed by atoms with Crippen LogP contribution in [0.1, 0.15) is 5.56 Å². The summed E-state index contributed by atoms with van der Waals surface area (Å²) in [4.78, 5) is 21.3. The zero-order valence-electron chi connectivity index (χ0n) is 9.20. The van der Waals surface area contributed by atoms with Crippen molar-refractivity contribution in [2.24, 2.45) is 0 Å². The number of rotatable bonds is 4. The first kappa shape index (κ1) is 13.1. The van der Waals surface area contributed by atoms with Crippen LogP contribution in [0, 0.1) is 21.4 Å². The summed E-state index contributed by atoms with van der Waals surface area (Å²) < 4.78 is 4.45. The molecule has 6 nitrogen and oxygen atoms in total. The molecule has 0 radical (unpaired) electrons. The van der Waals surface area contributed by atoms with Crippen molar-refractivity contribution in [1.29, 1.82) is 5.26 Å². The Hall–Kier alpha value is -2.94. The molecule has 0 aliphatic rings. The van der Waals surface area contributed by atoms with E-state index in [4.69, 9.17) is 5.26 Å². The van der Waals surface area contributed by atoms with Crippen LogP contribution in [0.4, 0.5) is 5.69 Å². The second-order valence-corrected chi connectivity index (χ2v) is 3.09. The Morgan fingerprint density at radius 2 is 2.28 bits per heavy atom. The predicted molar refractivity (Wildman–Crippen MR) is 63.0 cm³/mol. The third-order valence-corrected chi connectivity index (χ3v) is 1.92. The molecule has 0 unspecified atom stereocenters. The first-order valence-corrected chi connectivity index (χ1v) is 4.76. The van der Waals surface area contributed by atoms with E-state index in [-0.39, 0.29) is 11.3 Å². The van der Waals surface area contributed by atoms with Gasteiger partial charge in [-0.05, 0) is 11.6 Å². The zero-order chi connectivity index (χ0) is 13.5. The van der Waals surface area contributed by atoms with Gasteiger partial charge in [-0.1, -0.05) is 18.7 Å². The second-order valence-electron chi connectivity index (χ2n) is 3.09. The maximum atomic E-state index is 11.3. The van der Waals surface area contributed by atoms with E-state index in [1.165, 1.54) is 30.3 Å². The van der Waals surface area contributed by atoms with Crippen molar-refractivity contribution in [3.63, 3.8) is 0 Å². The van der Waals surface area contributed by atoms with Crippen LogP contribution in [0.5, 0.6) is 0 Å². The van der Waals surface area contributed by atoms with E-state index in [9.17, 15) is 14.9 Å². The standard InChI is InChI=1S/C12H8N2O4/c1-2-18-12(15)10(8-13)6-9-4-3-5-11(7-9)14(16)17/h2-7H,1H2/b10-6+. The van der Waals surface area contributed by atoms with E-state index >= 15 is 0 Å². The molecular formula is C12H8N2O4. The summed E-state index contributed by atoms with van der Waals surface area (Å²) in [5, 5.41) is 19.3. The largest absolute Gasteiger partial charge is 0.431 e. The van der Waals surface area contributed by atoms with Gasteiger partial charge in [-0.15, -0.1) is 0 Å². The fourth-order valence-electron chi connectivity index (χ4n) is 1.17. The van der Waals surface area contributed by atoms with E-state index < -0.39 is 10.9 Å². The Labute approximate surface area is 103 Å². The summed E-state index contributed by atoms with van der Waals surface area (Å²) >= 11 is 0. The lowest BCUT2D eigenvalue weighted by Crippen LogP contribution is -2.01. The SMILES string of the molecule is C=COC(=O)/C(C#N)=C/c1cccc([N+](=O)[O-])c1. The molecule has 0 atom stereocenters. The summed E-state index contributed by atoms with van der Waals surface area (Å²) in [6.45, 7) is 3.19. The highest BCUT2D eigenvalue weighted by Crippen LogP contribution is 2.16. The number of carbonyl (C=O) groups excluding carboxylic acids is 1. The van der Waals surface area contributed by atoms with Crippen LogP contribution in [0.15, 0.2) is 42.7 Å². The van der Waals surface area contributed by atoms with Crippen molar-refractivity contribution >= 4 is 17.7 Å². The highest BCUT2D eigenvalue weighted by molar-refractivity contribution is 5.98. The van der Waals surface area contributed by atoms with Gasteiger partial charge in [0.1, 0.15) is 11.6 Å². The maximum Gasteiger partial charge on any atom is 0.353 e. The van der Waals surface area contributed by atoms with Crippen molar-refractivity contribution in [1.82, 2.24) is 0 Å². The number of esters is 1. The summed E-state index contributed by atoms with van der Waals surface area (Å²) in [5.74, 6) is -0.862. The van der Waals surface area contributed by atoms with Crippen molar-refractivity contribution < 1.29 is 14.5 Å². The maximum absolute atomic E-state index is 11.3. The van der Waals surface area contributed by atoms with Gasteiger partial charge in [0.05, 0.1) is 11.2 Å². The van der Waals surface area contributed by atoms with Crippen molar-refractivity contribution in [2.45, 2.75) is 0 Å². The fourth-order valence-corrected chi connectivity index (χ4v) is 1.17. The van der Waals surface area contributed by atoms with Gasteiger partial charge < -0.3 is 4.74 Å². The number of nitro groups is 1. The van der Waals surface area contributed by atoms with Crippen molar-refractivity contribution in [3.05, 3.63) is 58.4 Å². The third kappa shape index (κ3) is 3.28. The number of hydrogen-bond donors (Lipinski definition) is 0. The van der Waals surface area contributed by atoms with Crippen LogP contribution in [-0.2, 0) is 9.53 Å². The van der Waals surface area contributed by atoms with Crippen LogP contribution in [0.2, 0.25) is 0 Å². The molecule has 0 aromatic heterocycles. The molecule has 0 spiro atoms. The lowest BCUT2D eigenvalue weighted by molar-refractivity contribution is -0.384. The minimum atomic E-state index is -0.862. The van der Waals surface area contributed by atoms with E-state index in [0.717, 1.165) is 6.26 Å². The molecule has 0 saturated heterocycles. The Kier molecular flexibility index (Phi) is 4.35. The number of ether oxygens (including phenoxy) is 1. The molecule has 1 aromatic carbocycles. The predicted octanol–water partition coefficient (Wildman–Crippen LogP) is 2.19. The molecule has 1 rings (SSSR count). The number of nitriles is 1. The molecule has 90 valence electrons. The van der Waals surface area contributed by atoms with E-state index in [0.29, 0.717) is 5.56 Å². The van der Waals surface area contributed by atoms with E-state index in [1.54, 1.807) is 6.07 Å². The normalized spacial score (nSPS) is 10.3. The summed E-state index contributed by atoms with van der Waals surface area (Å²) in [7, 11) is 0. The molecule has 0 saturated carbocycles. The Morgan fingerprint density at radius 3 is 2.83 bits per heavy atom. The monoisotopic (exact) mass is 244 g/mol. The molecule has 6 heteroatoms. The van der Waals surface area contributed by atoms with E-state index in [1.807, 2.05) is 0 Å². The number of hydrogen-bond acceptors (Lipinski definition) is 5. The van der Waals surface area contributed by atoms with Crippen LogP contribution in [0.3, 0.4) is 0 Å². The van der Waals surface area contributed by atoms with Gasteiger partial charge in [0.2, 0.25) is 0 Å². The highest BCUT2D eigenvalue weighted by Gasteiger charge is 2.10. The quantitative estimate of drug-likeness (QED) is 0.202. The molecule has 0 bridgehead atoms. The number of carbonyl (C=O) groups is 1. The second kappa shape index (κ2) is 5.96. The van der Waals surface area contributed by atoms with Gasteiger partial charge in [-0.3, -0.25) is 10.1 Å². The van der Waals surface area contributed by atoms with Gasteiger partial charge in [0.15, 0.2) is 0 Å². The minimum absolute atomic E-state index is 0.127.